The average Bonchev–Trinajstić information content (AvgIpc) is 3.25. The summed E-state index contributed by atoms with van der Waals surface area (Å²) in [5.74, 6) is 0.827. The third-order valence-electron chi connectivity index (χ3n) is 6.42. The highest BCUT2D eigenvalue weighted by atomic mass is 35.5. The number of hydrogen-bond acceptors (Lipinski definition) is 7. The van der Waals surface area contributed by atoms with Gasteiger partial charge in [0.15, 0.2) is 4.80 Å². The summed E-state index contributed by atoms with van der Waals surface area (Å²) >= 11 is 7.36. The van der Waals surface area contributed by atoms with Crippen molar-refractivity contribution in [3.63, 3.8) is 0 Å². The van der Waals surface area contributed by atoms with E-state index in [-0.39, 0.29) is 18.8 Å². The monoisotopic (exact) mass is 574 g/mol. The Morgan fingerprint density at radius 1 is 1.10 bits per heavy atom. The lowest BCUT2D eigenvalue weighted by Gasteiger charge is -2.24. The molecule has 3 aromatic carbocycles. The molecule has 0 bridgehead atoms. The molecule has 0 aliphatic carbocycles. The summed E-state index contributed by atoms with van der Waals surface area (Å²) in [6, 6.07) is 21.6. The van der Waals surface area contributed by atoms with Gasteiger partial charge in [0.2, 0.25) is 0 Å². The van der Waals surface area contributed by atoms with Crippen molar-refractivity contribution >= 4 is 35.0 Å². The van der Waals surface area contributed by atoms with Crippen molar-refractivity contribution in [2.24, 2.45) is 4.99 Å². The number of carbonyl (C=O) groups excluding carboxylic acids is 1. The summed E-state index contributed by atoms with van der Waals surface area (Å²) in [6.45, 7) is 4.00. The molecule has 1 aliphatic heterocycles. The lowest BCUT2D eigenvalue weighted by Crippen LogP contribution is -2.39. The Kier molecular flexibility index (Phi) is 8.19. The van der Waals surface area contributed by atoms with Gasteiger partial charge in [-0.05, 0) is 61.4 Å². The van der Waals surface area contributed by atoms with Crippen molar-refractivity contribution in [1.82, 2.24) is 4.57 Å². The molecular weight excluding hydrogens is 548 g/mol. The van der Waals surface area contributed by atoms with Gasteiger partial charge >= 0.3 is 5.97 Å². The van der Waals surface area contributed by atoms with Crippen LogP contribution in [0.25, 0.3) is 6.08 Å². The third-order valence-corrected chi connectivity index (χ3v) is 7.64. The number of allylic oxidation sites excluding steroid dienone is 1. The molecule has 0 saturated carbocycles. The predicted octanol–water partition coefficient (Wildman–Crippen LogP) is 5.04. The molecule has 0 amide bonds. The van der Waals surface area contributed by atoms with E-state index in [1.165, 1.54) is 11.3 Å². The first-order valence-electron chi connectivity index (χ1n) is 12.7. The number of carbonyl (C=O) groups is 1. The molecule has 204 valence electrons. The number of rotatable bonds is 8. The van der Waals surface area contributed by atoms with Crippen molar-refractivity contribution in [3.05, 3.63) is 125 Å². The normalized spacial score (nSPS) is 14.9. The van der Waals surface area contributed by atoms with E-state index in [1.54, 1.807) is 37.7 Å². The molecule has 0 radical (unpaired) electrons. The predicted molar refractivity (Wildman–Crippen MR) is 156 cm³/mol. The summed E-state index contributed by atoms with van der Waals surface area (Å²) in [7, 11) is 1.60. The summed E-state index contributed by atoms with van der Waals surface area (Å²) in [4.78, 5) is 32.0. The van der Waals surface area contributed by atoms with E-state index in [0.717, 1.165) is 16.7 Å². The second-order valence-electron chi connectivity index (χ2n) is 9.03. The van der Waals surface area contributed by atoms with Crippen LogP contribution >= 0.6 is 22.9 Å². The molecule has 0 fully saturated rings. The molecule has 0 N–H and O–H groups in total. The Morgan fingerprint density at radius 2 is 1.90 bits per heavy atom. The van der Waals surface area contributed by atoms with Crippen molar-refractivity contribution < 1.29 is 19.0 Å². The zero-order chi connectivity index (χ0) is 28.2. The topological polar surface area (TPSA) is 79.1 Å². The molecule has 4 aromatic rings. The van der Waals surface area contributed by atoms with Crippen LogP contribution in [-0.4, -0.2) is 24.3 Å². The standard InChI is InChI=1S/C31H27ClN2O5S/c1-4-38-30(36)27-19(2)33-31-34(28(27)21-9-6-5-7-10-21)29(35)26(40-31)16-20-13-14-25(37-3)22(15-20)18-39-24-12-8-11-23(32)17-24/h5-17,28H,4,18H2,1-3H3. The molecular formula is C31H27ClN2O5S. The number of halogens is 1. The quantitative estimate of drug-likeness (QED) is 0.276. The molecule has 2 heterocycles. The number of thiazole rings is 1. The van der Waals surface area contributed by atoms with Gasteiger partial charge in [0.1, 0.15) is 18.1 Å². The van der Waals surface area contributed by atoms with E-state index in [0.29, 0.717) is 37.1 Å². The van der Waals surface area contributed by atoms with E-state index < -0.39 is 12.0 Å². The van der Waals surface area contributed by atoms with E-state index in [2.05, 4.69) is 4.99 Å². The zero-order valence-electron chi connectivity index (χ0n) is 22.2. The van der Waals surface area contributed by atoms with Gasteiger partial charge in [-0.25, -0.2) is 9.79 Å². The second-order valence-corrected chi connectivity index (χ2v) is 10.5. The maximum Gasteiger partial charge on any atom is 0.338 e. The van der Waals surface area contributed by atoms with Crippen LogP contribution in [0.3, 0.4) is 0 Å². The Balaban J connectivity index is 1.57. The minimum atomic E-state index is -0.642. The molecule has 0 spiro atoms. The summed E-state index contributed by atoms with van der Waals surface area (Å²) < 4.78 is 18.9. The first-order valence-corrected chi connectivity index (χ1v) is 13.9. The van der Waals surface area contributed by atoms with Crippen molar-refractivity contribution in [1.29, 1.82) is 0 Å². The maximum absolute atomic E-state index is 13.8. The van der Waals surface area contributed by atoms with Crippen LogP contribution in [0, 0.1) is 0 Å². The van der Waals surface area contributed by atoms with Crippen LogP contribution in [0.2, 0.25) is 5.02 Å². The average molecular weight is 575 g/mol. The smallest absolute Gasteiger partial charge is 0.338 e. The molecule has 7 nitrogen and oxygen atoms in total. The molecule has 0 saturated heterocycles. The number of nitrogens with zero attached hydrogens (tertiary/aromatic N) is 2. The van der Waals surface area contributed by atoms with Gasteiger partial charge in [0.25, 0.3) is 5.56 Å². The van der Waals surface area contributed by atoms with Gasteiger partial charge in [-0.2, -0.15) is 0 Å². The minimum Gasteiger partial charge on any atom is -0.496 e. The maximum atomic E-state index is 13.8. The van der Waals surface area contributed by atoms with Crippen LogP contribution in [-0.2, 0) is 16.1 Å². The zero-order valence-corrected chi connectivity index (χ0v) is 23.8. The number of ether oxygens (including phenoxy) is 3. The van der Waals surface area contributed by atoms with E-state index in [9.17, 15) is 9.59 Å². The SMILES string of the molecule is CCOC(=O)C1=C(C)N=c2sc(=Cc3ccc(OC)c(COc4cccc(Cl)c4)c3)c(=O)n2C1c1ccccc1. The van der Waals surface area contributed by atoms with Gasteiger partial charge in [0.05, 0.1) is 35.6 Å². The van der Waals surface area contributed by atoms with Gasteiger partial charge < -0.3 is 14.2 Å². The fourth-order valence-electron chi connectivity index (χ4n) is 4.61. The van der Waals surface area contributed by atoms with Crippen molar-refractivity contribution in [2.45, 2.75) is 26.5 Å². The van der Waals surface area contributed by atoms with E-state index >= 15 is 0 Å². The highest BCUT2D eigenvalue weighted by Crippen LogP contribution is 2.30. The summed E-state index contributed by atoms with van der Waals surface area (Å²) in [5, 5.41) is 0.587. The molecule has 1 aromatic heterocycles. The van der Waals surface area contributed by atoms with Gasteiger partial charge in [0, 0.05) is 10.6 Å². The number of aromatic nitrogens is 1. The molecule has 40 heavy (non-hydrogen) atoms. The number of methoxy groups -OCH3 is 1. The first-order chi connectivity index (χ1) is 19.4. The fourth-order valence-corrected chi connectivity index (χ4v) is 5.84. The number of benzene rings is 3. The van der Waals surface area contributed by atoms with E-state index in [1.807, 2.05) is 66.7 Å². The lowest BCUT2D eigenvalue weighted by atomic mass is 9.96. The first kappa shape index (κ1) is 27.4. The van der Waals surface area contributed by atoms with Gasteiger partial charge in [-0.15, -0.1) is 0 Å². The number of fused-ring (bicyclic) bond motifs is 1. The highest BCUT2D eigenvalue weighted by Gasteiger charge is 2.33. The van der Waals surface area contributed by atoms with Gasteiger partial charge in [-0.1, -0.05) is 65.4 Å². The van der Waals surface area contributed by atoms with Crippen LogP contribution in [0.5, 0.6) is 11.5 Å². The summed E-state index contributed by atoms with van der Waals surface area (Å²) in [6.07, 6.45) is 1.82. The number of esters is 1. The Hall–Kier alpha value is -4.14. The number of hydrogen-bond donors (Lipinski definition) is 0. The second kappa shape index (κ2) is 11.9. The molecule has 1 atom stereocenters. The Bertz CT molecular complexity index is 1780. The third kappa shape index (κ3) is 5.59. The van der Waals surface area contributed by atoms with Gasteiger partial charge in [-0.3, -0.25) is 9.36 Å². The molecule has 9 heteroatoms. The van der Waals surface area contributed by atoms with Crippen LogP contribution in [0.1, 0.15) is 36.6 Å². The minimum absolute atomic E-state index is 0.225. The lowest BCUT2D eigenvalue weighted by molar-refractivity contribution is -0.139. The largest absolute Gasteiger partial charge is 0.496 e. The van der Waals surface area contributed by atoms with E-state index in [4.69, 9.17) is 25.8 Å². The van der Waals surface area contributed by atoms with Crippen LogP contribution in [0.4, 0.5) is 0 Å². The summed E-state index contributed by atoms with van der Waals surface area (Å²) in [5.41, 5.74) is 3.07. The van der Waals surface area contributed by atoms with Crippen LogP contribution < -0.4 is 24.4 Å². The van der Waals surface area contributed by atoms with Crippen LogP contribution in [0.15, 0.2) is 93.9 Å². The van der Waals surface area contributed by atoms with Crippen molar-refractivity contribution in [2.75, 3.05) is 13.7 Å². The molecule has 1 unspecified atom stereocenters. The van der Waals surface area contributed by atoms with Crippen molar-refractivity contribution in [3.8, 4) is 11.5 Å². The Labute approximate surface area is 240 Å². The molecule has 1 aliphatic rings. The molecule has 5 rings (SSSR count). The Morgan fingerprint density at radius 3 is 2.62 bits per heavy atom. The fraction of sp³-hybridized carbons (Fsp3) is 0.194. The highest BCUT2D eigenvalue weighted by molar-refractivity contribution is 7.07.